The first-order valence-electron chi connectivity index (χ1n) is 9.41. The lowest BCUT2D eigenvalue weighted by Crippen LogP contribution is -2.12. The molecule has 4 N–H and O–H groups in total. The number of nitrogens with two attached hydrogens (primary N) is 1. The van der Waals surface area contributed by atoms with Crippen molar-refractivity contribution in [3.05, 3.63) is 108 Å². The number of hydrogen-bond donors (Lipinski definition) is 3. The van der Waals surface area contributed by atoms with Crippen molar-refractivity contribution in [1.82, 2.24) is 0 Å². The maximum atomic E-state index is 12.6. The molecule has 0 aromatic heterocycles. The fraction of sp³-hybridized carbons (Fsp3) is 0.0400. The Balaban J connectivity index is 1.44. The van der Waals surface area contributed by atoms with Crippen molar-refractivity contribution >= 4 is 33.8 Å². The Labute approximate surface area is 169 Å². The molecule has 4 heteroatoms. The van der Waals surface area contributed by atoms with Crippen LogP contribution in [-0.4, -0.2) is 11.6 Å². The number of fused-ring (bicyclic) bond motifs is 1. The minimum Gasteiger partial charge on any atom is -0.398 e. The van der Waals surface area contributed by atoms with E-state index in [0.29, 0.717) is 23.4 Å². The molecule has 4 aromatic rings. The number of hydrogen-bond acceptors (Lipinski definition) is 3. The van der Waals surface area contributed by atoms with Gasteiger partial charge in [0.2, 0.25) is 0 Å². The minimum atomic E-state index is -0.145. The fourth-order valence-corrected chi connectivity index (χ4v) is 3.31. The molecule has 0 aliphatic carbocycles. The molecule has 0 bridgehead atoms. The number of rotatable bonds is 5. The molecule has 0 fully saturated rings. The highest BCUT2D eigenvalue weighted by atomic mass is 16.1. The van der Waals surface area contributed by atoms with Gasteiger partial charge in [-0.25, -0.2) is 0 Å². The number of carbonyl (C=O) groups is 1. The number of anilines is 2. The summed E-state index contributed by atoms with van der Waals surface area (Å²) in [6.45, 7) is 0. The number of amides is 1. The number of para-hydroxylation sites is 1. The number of nitrogens with one attached hydrogen (secondary N) is 2. The van der Waals surface area contributed by atoms with E-state index in [-0.39, 0.29) is 5.91 Å². The summed E-state index contributed by atoms with van der Waals surface area (Å²) >= 11 is 0. The van der Waals surface area contributed by atoms with E-state index in [4.69, 9.17) is 11.1 Å². The van der Waals surface area contributed by atoms with Gasteiger partial charge in [0.25, 0.3) is 5.91 Å². The lowest BCUT2D eigenvalue weighted by Gasteiger charge is -2.09. The van der Waals surface area contributed by atoms with E-state index in [1.165, 1.54) is 0 Å². The van der Waals surface area contributed by atoms with Crippen LogP contribution in [-0.2, 0) is 6.42 Å². The molecule has 4 aromatic carbocycles. The Hall–Kier alpha value is -3.92. The molecule has 0 saturated heterocycles. The Kier molecular flexibility index (Phi) is 5.08. The van der Waals surface area contributed by atoms with Gasteiger partial charge >= 0.3 is 0 Å². The lowest BCUT2D eigenvalue weighted by molar-refractivity contribution is 0.102. The van der Waals surface area contributed by atoms with Crippen LogP contribution in [0.25, 0.3) is 10.8 Å². The molecule has 0 atom stereocenters. The molecule has 0 saturated carbocycles. The van der Waals surface area contributed by atoms with Crippen LogP contribution in [0.2, 0.25) is 0 Å². The highest BCUT2D eigenvalue weighted by Crippen LogP contribution is 2.19. The van der Waals surface area contributed by atoms with Crippen molar-refractivity contribution in [2.45, 2.75) is 6.42 Å². The van der Waals surface area contributed by atoms with Gasteiger partial charge in [0, 0.05) is 34.6 Å². The third-order valence-corrected chi connectivity index (χ3v) is 4.89. The summed E-state index contributed by atoms with van der Waals surface area (Å²) in [6.07, 6.45) is 0.479. The highest BCUT2D eigenvalue weighted by molar-refractivity contribution is 6.06. The van der Waals surface area contributed by atoms with Crippen molar-refractivity contribution in [2.24, 2.45) is 0 Å². The summed E-state index contributed by atoms with van der Waals surface area (Å²) in [5.74, 6) is -0.145. The summed E-state index contributed by atoms with van der Waals surface area (Å²) < 4.78 is 0. The summed E-state index contributed by atoms with van der Waals surface area (Å²) in [7, 11) is 0. The van der Waals surface area contributed by atoms with Crippen LogP contribution >= 0.6 is 0 Å². The van der Waals surface area contributed by atoms with Gasteiger partial charge in [0.05, 0.1) is 0 Å². The average Bonchev–Trinajstić information content (AvgIpc) is 2.75. The first-order valence-corrected chi connectivity index (χ1v) is 9.41. The summed E-state index contributed by atoms with van der Waals surface area (Å²) in [4.78, 5) is 12.6. The summed E-state index contributed by atoms with van der Waals surface area (Å²) in [6, 6.07) is 28.6. The van der Waals surface area contributed by atoms with Crippen LogP contribution < -0.4 is 11.1 Å². The topological polar surface area (TPSA) is 79.0 Å². The van der Waals surface area contributed by atoms with E-state index in [0.717, 1.165) is 27.6 Å². The Morgan fingerprint density at radius 3 is 2.28 bits per heavy atom. The van der Waals surface area contributed by atoms with Gasteiger partial charge in [0.1, 0.15) is 0 Å². The van der Waals surface area contributed by atoms with Crippen molar-refractivity contribution in [2.75, 3.05) is 11.1 Å². The number of carbonyl (C=O) groups excluding carboxylic acids is 1. The van der Waals surface area contributed by atoms with E-state index in [2.05, 4.69) is 5.32 Å². The van der Waals surface area contributed by atoms with Crippen LogP contribution in [0.5, 0.6) is 0 Å². The van der Waals surface area contributed by atoms with Gasteiger partial charge < -0.3 is 16.5 Å². The zero-order valence-electron chi connectivity index (χ0n) is 15.9. The van der Waals surface area contributed by atoms with Gasteiger partial charge in [-0.2, -0.15) is 0 Å². The second kappa shape index (κ2) is 7.98. The van der Waals surface area contributed by atoms with E-state index in [1.54, 1.807) is 6.07 Å². The second-order valence-electron chi connectivity index (χ2n) is 6.96. The molecule has 29 heavy (non-hydrogen) atoms. The van der Waals surface area contributed by atoms with E-state index in [1.807, 2.05) is 84.9 Å². The van der Waals surface area contributed by atoms with Gasteiger partial charge in [-0.1, -0.05) is 60.7 Å². The Bertz CT molecular complexity index is 1200. The molecule has 0 spiro atoms. The smallest absolute Gasteiger partial charge is 0.255 e. The Morgan fingerprint density at radius 1 is 0.828 bits per heavy atom. The van der Waals surface area contributed by atoms with E-state index >= 15 is 0 Å². The van der Waals surface area contributed by atoms with Gasteiger partial charge in [0.15, 0.2) is 0 Å². The predicted octanol–water partition coefficient (Wildman–Crippen LogP) is 5.28. The molecule has 0 unspecified atom stereocenters. The molecule has 4 nitrogen and oxygen atoms in total. The van der Waals surface area contributed by atoms with Crippen molar-refractivity contribution in [1.29, 1.82) is 5.41 Å². The number of nitrogen functional groups attached to an aromatic ring is 1. The fourth-order valence-electron chi connectivity index (χ4n) is 3.31. The normalized spacial score (nSPS) is 10.6. The number of benzene rings is 4. The monoisotopic (exact) mass is 379 g/mol. The second-order valence-corrected chi connectivity index (χ2v) is 6.96. The molecule has 4 rings (SSSR count). The molecular weight excluding hydrogens is 358 g/mol. The molecule has 1 amide bonds. The Morgan fingerprint density at radius 2 is 1.52 bits per heavy atom. The van der Waals surface area contributed by atoms with Crippen LogP contribution in [0.15, 0.2) is 91.0 Å². The molecule has 0 heterocycles. The van der Waals surface area contributed by atoms with Crippen molar-refractivity contribution in [3.63, 3.8) is 0 Å². The van der Waals surface area contributed by atoms with E-state index in [9.17, 15) is 4.79 Å². The van der Waals surface area contributed by atoms with Gasteiger partial charge in [-0.15, -0.1) is 0 Å². The third kappa shape index (κ3) is 4.17. The third-order valence-electron chi connectivity index (χ3n) is 4.89. The zero-order valence-corrected chi connectivity index (χ0v) is 15.9. The maximum absolute atomic E-state index is 12.6. The first kappa shape index (κ1) is 18.4. The quantitative estimate of drug-likeness (QED) is 0.326. The molecule has 142 valence electrons. The van der Waals surface area contributed by atoms with Gasteiger partial charge in [-0.05, 0) is 46.7 Å². The summed E-state index contributed by atoms with van der Waals surface area (Å²) in [5, 5.41) is 13.4. The van der Waals surface area contributed by atoms with E-state index < -0.39 is 0 Å². The van der Waals surface area contributed by atoms with Gasteiger partial charge in [-0.3, -0.25) is 4.79 Å². The average molecular weight is 379 g/mol. The minimum absolute atomic E-state index is 0.145. The SMILES string of the molecule is N=C(Cc1ccc(NC(=O)c2ccc3ccccc3c2)cc1)c1ccccc1N. The first-order chi connectivity index (χ1) is 14.1. The highest BCUT2D eigenvalue weighted by Gasteiger charge is 2.09. The summed E-state index contributed by atoms with van der Waals surface area (Å²) in [5.41, 5.74) is 10.1. The van der Waals surface area contributed by atoms with Crippen LogP contribution in [0.3, 0.4) is 0 Å². The molecule has 0 aliphatic heterocycles. The standard InChI is InChI=1S/C25H21N3O/c26-23-8-4-3-7-22(23)24(27)15-17-9-13-21(14-10-17)28-25(29)20-12-11-18-5-1-2-6-19(18)16-20/h1-14,16,27H,15,26H2,(H,28,29). The maximum Gasteiger partial charge on any atom is 0.255 e. The van der Waals surface area contributed by atoms with Crippen molar-refractivity contribution < 1.29 is 4.79 Å². The largest absolute Gasteiger partial charge is 0.398 e. The predicted molar refractivity (Wildman–Crippen MR) is 120 cm³/mol. The molecular formula is C25H21N3O. The van der Waals surface area contributed by atoms with Crippen molar-refractivity contribution in [3.8, 4) is 0 Å². The molecule has 0 aliphatic rings. The van der Waals surface area contributed by atoms with Crippen LogP contribution in [0, 0.1) is 5.41 Å². The van der Waals surface area contributed by atoms with Crippen LogP contribution in [0.4, 0.5) is 11.4 Å². The zero-order chi connectivity index (χ0) is 20.2. The molecule has 0 radical (unpaired) electrons. The lowest BCUT2D eigenvalue weighted by atomic mass is 10.0. The van der Waals surface area contributed by atoms with Crippen LogP contribution in [0.1, 0.15) is 21.5 Å².